The number of carbonyl (C=O) groups excluding carboxylic acids is 1. The van der Waals surface area contributed by atoms with Crippen molar-refractivity contribution in [1.29, 1.82) is 0 Å². The Hall–Kier alpha value is -2.13. The van der Waals surface area contributed by atoms with Crippen LogP contribution in [-0.2, 0) is 16.9 Å². The highest BCUT2D eigenvalue weighted by molar-refractivity contribution is 5.80. The van der Waals surface area contributed by atoms with Gasteiger partial charge in [0, 0.05) is 19.5 Å². The van der Waals surface area contributed by atoms with E-state index in [2.05, 4.69) is 24.3 Å². The molecule has 3 rings (SSSR count). The molecule has 0 bridgehead atoms. The van der Waals surface area contributed by atoms with Crippen LogP contribution in [0.15, 0.2) is 60.7 Å². The van der Waals surface area contributed by atoms with E-state index in [0.717, 1.165) is 17.5 Å². The fourth-order valence-corrected chi connectivity index (χ4v) is 3.21. The average Bonchev–Trinajstić information content (AvgIpc) is 2.87. The Morgan fingerprint density at radius 3 is 2.24 bits per heavy atom. The third-order valence-corrected chi connectivity index (χ3v) is 4.40. The topological polar surface area (TPSA) is 46.3 Å². The molecular formula is C18H20N2O. The summed E-state index contributed by atoms with van der Waals surface area (Å²) in [5, 5.41) is 0. The van der Waals surface area contributed by atoms with E-state index in [1.54, 1.807) is 0 Å². The van der Waals surface area contributed by atoms with Gasteiger partial charge in [0.2, 0.25) is 5.91 Å². The number of nitrogens with two attached hydrogens (primary N) is 1. The van der Waals surface area contributed by atoms with Crippen molar-refractivity contribution >= 4 is 5.91 Å². The SMILES string of the molecule is NCC1(c2ccccc2)CCC(=O)N1Cc1ccccc1. The van der Waals surface area contributed by atoms with Gasteiger partial charge < -0.3 is 10.6 Å². The molecule has 1 saturated heterocycles. The number of hydrogen-bond donors (Lipinski definition) is 1. The van der Waals surface area contributed by atoms with E-state index >= 15 is 0 Å². The first-order valence-corrected chi connectivity index (χ1v) is 7.36. The number of carbonyl (C=O) groups is 1. The maximum atomic E-state index is 12.4. The molecule has 1 aliphatic rings. The molecule has 3 nitrogen and oxygen atoms in total. The van der Waals surface area contributed by atoms with Gasteiger partial charge >= 0.3 is 0 Å². The molecule has 0 aliphatic carbocycles. The molecule has 3 heteroatoms. The second-order valence-electron chi connectivity index (χ2n) is 5.57. The summed E-state index contributed by atoms with van der Waals surface area (Å²) in [5.74, 6) is 0.188. The quantitative estimate of drug-likeness (QED) is 0.936. The van der Waals surface area contributed by atoms with Crippen molar-refractivity contribution in [2.75, 3.05) is 6.54 Å². The van der Waals surface area contributed by atoms with Crippen LogP contribution in [0.4, 0.5) is 0 Å². The third kappa shape index (κ3) is 2.45. The molecule has 1 aliphatic heterocycles. The lowest BCUT2D eigenvalue weighted by Gasteiger charge is -2.38. The highest BCUT2D eigenvalue weighted by Crippen LogP contribution is 2.39. The number of benzene rings is 2. The summed E-state index contributed by atoms with van der Waals surface area (Å²) in [4.78, 5) is 14.4. The van der Waals surface area contributed by atoms with Gasteiger partial charge in [0.05, 0.1) is 5.54 Å². The maximum Gasteiger partial charge on any atom is 0.223 e. The van der Waals surface area contributed by atoms with Crippen LogP contribution in [0.5, 0.6) is 0 Å². The molecule has 2 N–H and O–H groups in total. The molecule has 21 heavy (non-hydrogen) atoms. The van der Waals surface area contributed by atoms with Gasteiger partial charge in [-0.25, -0.2) is 0 Å². The fraction of sp³-hybridized carbons (Fsp3) is 0.278. The van der Waals surface area contributed by atoms with E-state index in [9.17, 15) is 4.79 Å². The number of amides is 1. The zero-order valence-electron chi connectivity index (χ0n) is 12.0. The predicted octanol–water partition coefficient (Wildman–Crippen LogP) is 2.66. The molecule has 1 fully saturated rings. The predicted molar refractivity (Wildman–Crippen MR) is 83.4 cm³/mol. The van der Waals surface area contributed by atoms with E-state index in [0.29, 0.717) is 19.5 Å². The Morgan fingerprint density at radius 1 is 1.00 bits per heavy atom. The molecule has 2 aromatic carbocycles. The zero-order chi connectivity index (χ0) is 14.7. The number of rotatable bonds is 4. The van der Waals surface area contributed by atoms with Gasteiger partial charge in [0.15, 0.2) is 0 Å². The summed E-state index contributed by atoms with van der Waals surface area (Å²) in [5.41, 5.74) is 8.02. The van der Waals surface area contributed by atoms with Crippen LogP contribution in [0.2, 0.25) is 0 Å². The Labute approximate surface area is 125 Å². The van der Waals surface area contributed by atoms with Gasteiger partial charge in [-0.05, 0) is 17.5 Å². The van der Waals surface area contributed by atoms with Crippen molar-refractivity contribution in [2.45, 2.75) is 24.9 Å². The van der Waals surface area contributed by atoms with Crippen molar-refractivity contribution in [3.63, 3.8) is 0 Å². The van der Waals surface area contributed by atoms with Gasteiger partial charge in [0.25, 0.3) is 0 Å². The van der Waals surface area contributed by atoms with E-state index in [-0.39, 0.29) is 11.4 Å². The second kappa shape index (κ2) is 5.70. The largest absolute Gasteiger partial charge is 0.328 e. The Morgan fingerprint density at radius 2 is 1.62 bits per heavy atom. The zero-order valence-corrected chi connectivity index (χ0v) is 12.0. The van der Waals surface area contributed by atoms with E-state index < -0.39 is 0 Å². The van der Waals surface area contributed by atoms with Crippen LogP contribution < -0.4 is 5.73 Å². The summed E-state index contributed by atoms with van der Waals surface area (Å²) >= 11 is 0. The van der Waals surface area contributed by atoms with Crippen LogP contribution in [0.3, 0.4) is 0 Å². The lowest BCUT2D eigenvalue weighted by molar-refractivity contribution is -0.132. The molecule has 1 heterocycles. The van der Waals surface area contributed by atoms with E-state index in [1.807, 2.05) is 41.3 Å². The lowest BCUT2D eigenvalue weighted by atomic mass is 9.87. The summed E-state index contributed by atoms with van der Waals surface area (Å²) in [7, 11) is 0. The van der Waals surface area contributed by atoms with E-state index in [1.165, 1.54) is 0 Å². The van der Waals surface area contributed by atoms with Crippen molar-refractivity contribution in [3.8, 4) is 0 Å². The van der Waals surface area contributed by atoms with Crippen molar-refractivity contribution in [2.24, 2.45) is 5.73 Å². The normalized spacial score (nSPS) is 21.8. The Bertz CT molecular complexity index is 612. The maximum absolute atomic E-state index is 12.4. The van der Waals surface area contributed by atoms with Gasteiger partial charge in [-0.3, -0.25) is 4.79 Å². The molecule has 0 saturated carbocycles. The van der Waals surface area contributed by atoms with Gasteiger partial charge in [0.1, 0.15) is 0 Å². The van der Waals surface area contributed by atoms with Crippen molar-refractivity contribution in [3.05, 3.63) is 71.8 Å². The average molecular weight is 280 g/mol. The number of nitrogens with zero attached hydrogens (tertiary/aromatic N) is 1. The van der Waals surface area contributed by atoms with Crippen LogP contribution >= 0.6 is 0 Å². The molecule has 108 valence electrons. The summed E-state index contributed by atoms with van der Waals surface area (Å²) in [6.45, 7) is 1.07. The Kier molecular flexibility index (Phi) is 3.76. The summed E-state index contributed by atoms with van der Waals surface area (Å²) in [6.07, 6.45) is 1.36. The molecular weight excluding hydrogens is 260 g/mol. The minimum absolute atomic E-state index is 0.188. The molecule has 0 radical (unpaired) electrons. The molecule has 0 spiro atoms. The molecule has 1 atom stereocenters. The van der Waals surface area contributed by atoms with Gasteiger partial charge in [-0.15, -0.1) is 0 Å². The second-order valence-corrected chi connectivity index (χ2v) is 5.57. The first-order valence-electron chi connectivity index (χ1n) is 7.36. The highest BCUT2D eigenvalue weighted by atomic mass is 16.2. The monoisotopic (exact) mass is 280 g/mol. The minimum Gasteiger partial charge on any atom is -0.328 e. The fourth-order valence-electron chi connectivity index (χ4n) is 3.21. The van der Waals surface area contributed by atoms with Crippen LogP contribution in [-0.4, -0.2) is 17.4 Å². The summed E-state index contributed by atoms with van der Waals surface area (Å²) < 4.78 is 0. The first kappa shape index (κ1) is 13.8. The molecule has 0 aromatic heterocycles. The molecule has 1 unspecified atom stereocenters. The Balaban J connectivity index is 1.97. The highest BCUT2D eigenvalue weighted by Gasteiger charge is 2.45. The van der Waals surface area contributed by atoms with Crippen molar-refractivity contribution in [1.82, 2.24) is 4.90 Å². The summed E-state index contributed by atoms with van der Waals surface area (Å²) in [6, 6.07) is 20.3. The molecule has 1 amide bonds. The molecule has 2 aromatic rings. The van der Waals surface area contributed by atoms with Crippen LogP contribution in [0.1, 0.15) is 24.0 Å². The number of likely N-dealkylation sites (tertiary alicyclic amines) is 1. The van der Waals surface area contributed by atoms with Gasteiger partial charge in [-0.2, -0.15) is 0 Å². The minimum atomic E-state index is -0.367. The van der Waals surface area contributed by atoms with Crippen LogP contribution in [0.25, 0.3) is 0 Å². The van der Waals surface area contributed by atoms with Gasteiger partial charge in [-0.1, -0.05) is 60.7 Å². The van der Waals surface area contributed by atoms with Crippen LogP contribution in [0, 0.1) is 0 Å². The van der Waals surface area contributed by atoms with E-state index in [4.69, 9.17) is 5.73 Å². The van der Waals surface area contributed by atoms with Crippen molar-refractivity contribution < 1.29 is 4.79 Å². The lowest BCUT2D eigenvalue weighted by Crippen LogP contribution is -2.48. The third-order valence-electron chi connectivity index (χ3n) is 4.40. The number of hydrogen-bond acceptors (Lipinski definition) is 2. The smallest absolute Gasteiger partial charge is 0.223 e. The first-order chi connectivity index (χ1) is 10.3. The standard InChI is InChI=1S/C18H20N2O/c19-14-18(16-9-5-2-6-10-16)12-11-17(21)20(18)13-15-7-3-1-4-8-15/h1-10H,11-14,19H2.